The van der Waals surface area contributed by atoms with Crippen molar-refractivity contribution < 1.29 is 13.5 Å². The zero-order valence-corrected chi connectivity index (χ0v) is 12.2. The van der Waals surface area contributed by atoms with Crippen LogP contribution in [0.4, 0.5) is 8.78 Å². The first-order valence-corrected chi connectivity index (χ1v) is 7.39. The molecule has 0 aromatic heterocycles. The fourth-order valence-electron chi connectivity index (χ4n) is 2.17. The Morgan fingerprint density at radius 3 is 2.33 bits per heavy atom. The summed E-state index contributed by atoms with van der Waals surface area (Å²) in [6.45, 7) is 2.87. The van der Waals surface area contributed by atoms with E-state index in [1.54, 1.807) is 12.1 Å². The molecule has 0 aliphatic rings. The second-order valence-electron chi connectivity index (χ2n) is 5.06. The molecule has 2 aromatic carbocycles. The van der Waals surface area contributed by atoms with Gasteiger partial charge in [-0.25, -0.2) is 8.78 Å². The summed E-state index contributed by atoms with van der Waals surface area (Å²) < 4.78 is 32.2. The Balaban J connectivity index is 1.95. The van der Waals surface area contributed by atoms with E-state index in [-0.39, 0.29) is 0 Å². The molecule has 112 valence electrons. The Hall–Kier alpha value is -1.90. The Bertz CT molecular complexity index is 564. The fraction of sp³-hybridized carbons (Fsp3) is 0.333. The van der Waals surface area contributed by atoms with Gasteiger partial charge < -0.3 is 4.74 Å². The van der Waals surface area contributed by atoms with Gasteiger partial charge in [-0.05, 0) is 36.2 Å². The molecule has 0 aliphatic heterocycles. The monoisotopic (exact) mass is 290 g/mol. The molecule has 0 heterocycles. The van der Waals surface area contributed by atoms with Crippen LogP contribution in [0, 0.1) is 11.6 Å². The zero-order valence-electron chi connectivity index (χ0n) is 12.2. The van der Waals surface area contributed by atoms with Gasteiger partial charge in [-0.2, -0.15) is 0 Å². The van der Waals surface area contributed by atoms with Gasteiger partial charge in [-0.1, -0.05) is 38.3 Å². The lowest BCUT2D eigenvalue weighted by molar-refractivity contribution is 0.305. The third kappa shape index (κ3) is 4.55. The van der Waals surface area contributed by atoms with Gasteiger partial charge in [0.2, 0.25) is 0 Å². The summed E-state index contributed by atoms with van der Waals surface area (Å²) in [6.07, 6.45) is 4.65. The van der Waals surface area contributed by atoms with E-state index in [1.807, 2.05) is 12.1 Å². The first kappa shape index (κ1) is 15.5. The molecule has 0 unspecified atom stereocenters. The standard InChI is InChI=1S/C18H20F2O/c1-2-3-4-5-12-21-16-9-6-14(7-10-16)17-11-8-15(19)13-18(17)20/h6-11,13H,2-5,12H2,1H3. The highest BCUT2D eigenvalue weighted by atomic mass is 19.1. The van der Waals surface area contributed by atoms with Crippen molar-refractivity contribution in [3.05, 3.63) is 54.1 Å². The first-order chi connectivity index (χ1) is 10.2. The number of unbranched alkanes of at least 4 members (excludes halogenated alkanes) is 3. The van der Waals surface area contributed by atoms with Crippen LogP contribution in [-0.2, 0) is 0 Å². The first-order valence-electron chi connectivity index (χ1n) is 7.39. The third-order valence-electron chi connectivity index (χ3n) is 3.36. The molecule has 0 radical (unpaired) electrons. The number of hydrogen-bond acceptors (Lipinski definition) is 1. The van der Waals surface area contributed by atoms with Crippen molar-refractivity contribution in [2.75, 3.05) is 6.61 Å². The van der Waals surface area contributed by atoms with Crippen molar-refractivity contribution in [1.82, 2.24) is 0 Å². The average Bonchev–Trinajstić information content (AvgIpc) is 2.48. The van der Waals surface area contributed by atoms with Crippen LogP contribution in [0.1, 0.15) is 32.6 Å². The molecular weight excluding hydrogens is 270 g/mol. The highest BCUT2D eigenvalue weighted by molar-refractivity contribution is 5.64. The van der Waals surface area contributed by atoms with Gasteiger partial charge in [0.25, 0.3) is 0 Å². The molecule has 0 atom stereocenters. The Morgan fingerprint density at radius 2 is 1.67 bits per heavy atom. The van der Waals surface area contributed by atoms with Crippen LogP contribution >= 0.6 is 0 Å². The van der Waals surface area contributed by atoms with E-state index in [4.69, 9.17) is 4.74 Å². The maximum atomic E-state index is 13.7. The molecule has 0 fully saturated rings. The predicted molar refractivity (Wildman–Crippen MR) is 81.4 cm³/mol. The summed E-state index contributed by atoms with van der Waals surface area (Å²) in [5, 5.41) is 0. The minimum Gasteiger partial charge on any atom is -0.494 e. The van der Waals surface area contributed by atoms with Crippen molar-refractivity contribution in [3.63, 3.8) is 0 Å². The van der Waals surface area contributed by atoms with Crippen LogP contribution in [0.25, 0.3) is 11.1 Å². The maximum Gasteiger partial charge on any atom is 0.133 e. The molecular formula is C18H20F2O. The number of hydrogen-bond donors (Lipinski definition) is 0. The Kier molecular flexibility index (Phi) is 5.73. The maximum absolute atomic E-state index is 13.7. The molecule has 0 aliphatic carbocycles. The van der Waals surface area contributed by atoms with Gasteiger partial charge in [0, 0.05) is 11.6 Å². The quantitative estimate of drug-likeness (QED) is 0.604. The van der Waals surface area contributed by atoms with Crippen molar-refractivity contribution in [1.29, 1.82) is 0 Å². The molecule has 2 rings (SSSR count). The van der Waals surface area contributed by atoms with E-state index in [1.165, 1.54) is 31.4 Å². The highest BCUT2D eigenvalue weighted by Gasteiger charge is 2.06. The summed E-state index contributed by atoms with van der Waals surface area (Å²) in [5.41, 5.74) is 1.11. The summed E-state index contributed by atoms with van der Waals surface area (Å²) in [6, 6.07) is 10.8. The molecule has 0 spiro atoms. The van der Waals surface area contributed by atoms with Crippen molar-refractivity contribution in [3.8, 4) is 16.9 Å². The highest BCUT2D eigenvalue weighted by Crippen LogP contribution is 2.25. The number of halogens is 2. The van der Waals surface area contributed by atoms with Crippen LogP contribution in [0.5, 0.6) is 5.75 Å². The van der Waals surface area contributed by atoms with E-state index in [2.05, 4.69) is 6.92 Å². The molecule has 1 nitrogen and oxygen atoms in total. The number of benzene rings is 2. The second kappa shape index (κ2) is 7.77. The smallest absolute Gasteiger partial charge is 0.133 e. The molecule has 0 N–H and O–H groups in total. The van der Waals surface area contributed by atoms with E-state index >= 15 is 0 Å². The summed E-state index contributed by atoms with van der Waals surface area (Å²) in [4.78, 5) is 0. The van der Waals surface area contributed by atoms with Gasteiger partial charge in [-0.3, -0.25) is 0 Å². The van der Waals surface area contributed by atoms with Crippen LogP contribution in [0.3, 0.4) is 0 Å². The molecule has 0 bridgehead atoms. The molecule has 0 saturated heterocycles. The van der Waals surface area contributed by atoms with E-state index in [0.717, 1.165) is 18.2 Å². The van der Waals surface area contributed by atoms with Crippen molar-refractivity contribution in [2.24, 2.45) is 0 Å². The molecule has 21 heavy (non-hydrogen) atoms. The van der Waals surface area contributed by atoms with Crippen LogP contribution in [0.15, 0.2) is 42.5 Å². The Labute approximate surface area is 124 Å². The zero-order chi connectivity index (χ0) is 15.1. The molecule has 2 aromatic rings. The van der Waals surface area contributed by atoms with Gasteiger partial charge in [0.05, 0.1) is 6.61 Å². The lowest BCUT2D eigenvalue weighted by Crippen LogP contribution is -1.97. The number of ether oxygens (including phenoxy) is 1. The van der Waals surface area contributed by atoms with Crippen LogP contribution < -0.4 is 4.74 Å². The lowest BCUT2D eigenvalue weighted by atomic mass is 10.1. The summed E-state index contributed by atoms with van der Waals surface area (Å²) >= 11 is 0. The fourth-order valence-corrected chi connectivity index (χ4v) is 2.17. The van der Waals surface area contributed by atoms with Crippen molar-refractivity contribution >= 4 is 0 Å². The topological polar surface area (TPSA) is 9.23 Å². The third-order valence-corrected chi connectivity index (χ3v) is 3.36. The minimum absolute atomic E-state index is 0.394. The van der Waals surface area contributed by atoms with Crippen LogP contribution in [0.2, 0.25) is 0 Å². The molecule has 0 saturated carbocycles. The van der Waals surface area contributed by atoms with Crippen molar-refractivity contribution in [2.45, 2.75) is 32.6 Å². The van der Waals surface area contributed by atoms with Gasteiger partial charge in [0.1, 0.15) is 17.4 Å². The number of rotatable bonds is 7. The molecule has 3 heteroatoms. The summed E-state index contributed by atoms with van der Waals surface area (Å²) in [5.74, 6) is -0.343. The van der Waals surface area contributed by atoms with Gasteiger partial charge >= 0.3 is 0 Å². The lowest BCUT2D eigenvalue weighted by Gasteiger charge is -2.08. The second-order valence-corrected chi connectivity index (χ2v) is 5.06. The van der Waals surface area contributed by atoms with E-state index < -0.39 is 11.6 Å². The Morgan fingerprint density at radius 1 is 0.905 bits per heavy atom. The average molecular weight is 290 g/mol. The predicted octanol–water partition coefficient (Wildman–Crippen LogP) is 5.59. The van der Waals surface area contributed by atoms with E-state index in [0.29, 0.717) is 17.7 Å². The minimum atomic E-state index is -0.566. The van der Waals surface area contributed by atoms with E-state index in [9.17, 15) is 8.78 Å². The van der Waals surface area contributed by atoms with Gasteiger partial charge in [-0.15, -0.1) is 0 Å². The SMILES string of the molecule is CCCCCCOc1ccc(-c2ccc(F)cc2F)cc1. The van der Waals surface area contributed by atoms with Crippen LogP contribution in [-0.4, -0.2) is 6.61 Å². The normalized spacial score (nSPS) is 10.6. The molecule has 0 amide bonds. The summed E-state index contributed by atoms with van der Waals surface area (Å²) in [7, 11) is 0. The van der Waals surface area contributed by atoms with Gasteiger partial charge in [0.15, 0.2) is 0 Å². The largest absolute Gasteiger partial charge is 0.494 e.